The molecule has 1 amide bonds. The van der Waals surface area contributed by atoms with Crippen LogP contribution in [0.3, 0.4) is 0 Å². The zero-order chi connectivity index (χ0) is 27.3. The molecule has 0 radical (unpaired) electrons. The van der Waals surface area contributed by atoms with Crippen molar-refractivity contribution in [3.8, 4) is 28.2 Å². The molecule has 0 atom stereocenters. The molecule has 0 unspecified atom stereocenters. The molecular formula is C31H25F2N3O3. The van der Waals surface area contributed by atoms with Gasteiger partial charge in [0, 0.05) is 23.0 Å². The lowest BCUT2D eigenvalue weighted by molar-refractivity contribution is 0.0925. The van der Waals surface area contributed by atoms with Crippen LogP contribution in [-0.2, 0) is 5.54 Å². The number of methoxy groups -OCH3 is 1. The average molecular weight is 526 g/mol. The minimum absolute atomic E-state index is 0.288. The molecule has 6 nitrogen and oxygen atoms in total. The Morgan fingerprint density at radius 1 is 1.00 bits per heavy atom. The number of nitrogens with zero attached hydrogens (tertiary/aromatic N) is 2. The summed E-state index contributed by atoms with van der Waals surface area (Å²) >= 11 is 0. The summed E-state index contributed by atoms with van der Waals surface area (Å²) < 4.78 is 40.7. The van der Waals surface area contributed by atoms with Gasteiger partial charge in [0.25, 0.3) is 5.91 Å². The number of hydrogen-bond acceptors (Lipinski definition) is 5. The highest BCUT2D eigenvalue weighted by Crippen LogP contribution is 2.44. The first kappa shape index (κ1) is 24.7. The maximum Gasteiger partial charge on any atom is 0.255 e. The van der Waals surface area contributed by atoms with Crippen molar-refractivity contribution in [2.24, 2.45) is 0 Å². The second kappa shape index (κ2) is 9.31. The number of rotatable bonds is 6. The smallest absolute Gasteiger partial charge is 0.255 e. The van der Waals surface area contributed by atoms with E-state index in [0.29, 0.717) is 45.0 Å². The Labute approximate surface area is 223 Å². The number of benzene rings is 3. The molecule has 196 valence electrons. The van der Waals surface area contributed by atoms with Crippen molar-refractivity contribution in [3.63, 3.8) is 0 Å². The number of aromatic nitrogens is 2. The van der Waals surface area contributed by atoms with E-state index in [9.17, 15) is 9.18 Å². The fourth-order valence-corrected chi connectivity index (χ4v) is 4.85. The standard InChI is InChI=1S/C31H25F2N3O3/c1-17-14-27(38-3)24(29(37)36-31(11-12-31)30-34-13-10-18(2)35-30)15-22(17)21-8-9-25-23(28(21)33)16-26(39-25)19-4-6-20(32)7-5-19/h4-10,13-16H,11-12H2,1-3H3,(H,36,37). The Bertz CT molecular complexity index is 1740. The number of carbonyl (C=O) groups excluding carboxylic acids is 1. The number of aryl methyl sites for hydroxylation is 2. The van der Waals surface area contributed by atoms with Gasteiger partial charge < -0.3 is 14.5 Å². The zero-order valence-corrected chi connectivity index (χ0v) is 21.6. The van der Waals surface area contributed by atoms with E-state index in [1.54, 1.807) is 48.7 Å². The van der Waals surface area contributed by atoms with Crippen molar-refractivity contribution >= 4 is 16.9 Å². The van der Waals surface area contributed by atoms with Gasteiger partial charge in [-0.15, -0.1) is 0 Å². The van der Waals surface area contributed by atoms with Crippen molar-refractivity contribution < 1.29 is 22.7 Å². The maximum absolute atomic E-state index is 15.9. The van der Waals surface area contributed by atoms with Crippen LogP contribution in [0.1, 0.15) is 40.3 Å². The van der Waals surface area contributed by atoms with E-state index in [0.717, 1.165) is 24.1 Å². The Balaban J connectivity index is 1.38. The predicted octanol–water partition coefficient (Wildman–Crippen LogP) is 6.88. The molecule has 1 aliphatic carbocycles. The molecule has 1 N–H and O–H groups in total. The molecule has 0 saturated heterocycles. The number of halogens is 2. The number of fused-ring (bicyclic) bond motifs is 1. The van der Waals surface area contributed by atoms with Crippen molar-refractivity contribution in [3.05, 3.63) is 101 Å². The summed E-state index contributed by atoms with van der Waals surface area (Å²) in [5, 5.41) is 3.38. The summed E-state index contributed by atoms with van der Waals surface area (Å²) in [5.74, 6) is 0.210. The molecule has 8 heteroatoms. The molecule has 3 aromatic carbocycles. The summed E-state index contributed by atoms with van der Waals surface area (Å²) in [7, 11) is 1.50. The number of nitrogens with one attached hydrogen (secondary N) is 1. The van der Waals surface area contributed by atoms with Crippen molar-refractivity contribution in [2.45, 2.75) is 32.2 Å². The molecule has 6 rings (SSSR count). The maximum atomic E-state index is 15.9. The Morgan fingerprint density at radius 2 is 1.77 bits per heavy atom. The van der Waals surface area contributed by atoms with Crippen LogP contribution in [0.4, 0.5) is 8.78 Å². The van der Waals surface area contributed by atoms with Crippen molar-refractivity contribution in [2.75, 3.05) is 7.11 Å². The first-order chi connectivity index (χ1) is 18.8. The third-order valence-corrected chi connectivity index (χ3v) is 7.17. The van der Waals surface area contributed by atoms with Gasteiger partial charge >= 0.3 is 0 Å². The second-order valence-corrected chi connectivity index (χ2v) is 9.88. The van der Waals surface area contributed by atoms with Crippen molar-refractivity contribution in [1.29, 1.82) is 0 Å². The molecule has 39 heavy (non-hydrogen) atoms. The third-order valence-electron chi connectivity index (χ3n) is 7.17. The van der Waals surface area contributed by atoms with Gasteiger partial charge in [-0.1, -0.05) is 0 Å². The molecule has 1 fully saturated rings. The van der Waals surface area contributed by atoms with Crippen LogP contribution >= 0.6 is 0 Å². The minimum atomic E-state index is -0.628. The first-order valence-corrected chi connectivity index (χ1v) is 12.6. The number of hydrogen-bond donors (Lipinski definition) is 1. The normalized spacial score (nSPS) is 13.9. The lowest BCUT2D eigenvalue weighted by atomic mass is 9.95. The number of ether oxygens (including phenoxy) is 1. The lowest BCUT2D eigenvalue weighted by Gasteiger charge is -2.19. The molecule has 2 heterocycles. The van der Waals surface area contributed by atoms with E-state index in [4.69, 9.17) is 9.15 Å². The molecule has 0 spiro atoms. The van der Waals surface area contributed by atoms with E-state index in [-0.39, 0.29) is 17.3 Å². The number of amides is 1. The largest absolute Gasteiger partial charge is 0.496 e. The highest BCUT2D eigenvalue weighted by molar-refractivity contribution is 6.00. The highest BCUT2D eigenvalue weighted by atomic mass is 19.1. The van der Waals surface area contributed by atoms with Gasteiger partial charge in [-0.25, -0.2) is 18.7 Å². The quantitative estimate of drug-likeness (QED) is 0.262. The first-order valence-electron chi connectivity index (χ1n) is 12.6. The Kier molecular flexibility index (Phi) is 5.90. The SMILES string of the molecule is COc1cc(C)c(-c2ccc3oc(-c4ccc(F)cc4)cc3c2F)cc1C(=O)NC1(c2nccc(C)n2)CC1. The molecule has 1 saturated carbocycles. The topological polar surface area (TPSA) is 77.2 Å². The van der Waals surface area contributed by atoms with Crippen LogP contribution in [0.15, 0.2) is 71.3 Å². The van der Waals surface area contributed by atoms with Crippen LogP contribution in [0.5, 0.6) is 5.75 Å². The summed E-state index contributed by atoms with van der Waals surface area (Å²) in [6, 6.07) is 15.9. The van der Waals surface area contributed by atoms with Gasteiger partial charge in [0.2, 0.25) is 0 Å². The number of furan rings is 1. The van der Waals surface area contributed by atoms with Crippen LogP contribution in [0, 0.1) is 25.5 Å². The van der Waals surface area contributed by atoms with Gasteiger partial charge in [-0.3, -0.25) is 4.79 Å². The van der Waals surface area contributed by atoms with Gasteiger partial charge in [-0.05, 0) is 98.5 Å². The van der Waals surface area contributed by atoms with Crippen LogP contribution < -0.4 is 10.1 Å². The summed E-state index contributed by atoms with van der Waals surface area (Å²) in [5.41, 5.74) is 3.11. The molecule has 0 aliphatic heterocycles. The van der Waals surface area contributed by atoms with E-state index >= 15 is 4.39 Å². The summed E-state index contributed by atoms with van der Waals surface area (Å²) in [6.45, 7) is 3.72. The molecule has 5 aromatic rings. The fourth-order valence-electron chi connectivity index (χ4n) is 4.85. The van der Waals surface area contributed by atoms with E-state index in [1.807, 2.05) is 19.9 Å². The van der Waals surface area contributed by atoms with E-state index < -0.39 is 11.4 Å². The van der Waals surface area contributed by atoms with E-state index in [1.165, 1.54) is 19.2 Å². The van der Waals surface area contributed by atoms with Crippen LogP contribution in [0.25, 0.3) is 33.4 Å². The highest BCUT2D eigenvalue weighted by Gasteiger charge is 2.49. The van der Waals surface area contributed by atoms with E-state index in [2.05, 4.69) is 15.3 Å². The van der Waals surface area contributed by atoms with Gasteiger partial charge in [0.05, 0.1) is 18.1 Å². The van der Waals surface area contributed by atoms with Gasteiger partial charge in [0.1, 0.15) is 34.3 Å². The summed E-state index contributed by atoms with van der Waals surface area (Å²) in [6.07, 6.45) is 3.14. The Hall–Kier alpha value is -4.59. The predicted molar refractivity (Wildman–Crippen MR) is 143 cm³/mol. The molecule has 2 aromatic heterocycles. The van der Waals surface area contributed by atoms with Crippen LogP contribution in [-0.4, -0.2) is 23.0 Å². The molecule has 1 aliphatic rings. The molecule has 0 bridgehead atoms. The lowest BCUT2D eigenvalue weighted by Crippen LogP contribution is -2.36. The third kappa shape index (κ3) is 4.41. The fraction of sp³-hybridized carbons (Fsp3) is 0.194. The average Bonchev–Trinajstić information content (AvgIpc) is 3.57. The minimum Gasteiger partial charge on any atom is -0.496 e. The van der Waals surface area contributed by atoms with Crippen molar-refractivity contribution in [1.82, 2.24) is 15.3 Å². The van der Waals surface area contributed by atoms with Crippen LogP contribution in [0.2, 0.25) is 0 Å². The zero-order valence-electron chi connectivity index (χ0n) is 21.6. The van der Waals surface area contributed by atoms with Gasteiger partial charge in [0.15, 0.2) is 5.82 Å². The second-order valence-electron chi connectivity index (χ2n) is 9.88. The summed E-state index contributed by atoms with van der Waals surface area (Å²) in [4.78, 5) is 22.4. The number of carbonyl (C=O) groups is 1. The Morgan fingerprint density at radius 3 is 2.46 bits per heavy atom. The molecular weight excluding hydrogens is 500 g/mol. The van der Waals surface area contributed by atoms with Gasteiger partial charge in [-0.2, -0.15) is 0 Å². The monoisotopic (exact) mass is 525 g/mol.